The van der Waals surface area contributed by atoms with E-state index in [1.54, 1.807) is 0 Å². The molecule has 98 valence electrons. The number of nitrogens with two attached hydrogens (primary N) is 1. The molecule has 1 aliphatic rings. The van der Waals surface area contributed by atoms with Crippen molar-refractivity contribution in [2.24, 2.45) is 5.84 Å². The molecule has 0 saturated heterocycles. The maximum absolute atomic E-state index is 5.62. The first-order chi connectivity index (χ1) is 8.70. The second-order valence-electron chi connectivity index (χ2n) is 4.62. The molecule has 0 bridgehead atoms. The van der Waals surface area contributed by atoms with Crippen LogP contribution in [0.25, 0.3) is 0 Å². The number of benzene rings is 1. The number of hydrazine groups is 1. The molecule has 4 nitrogen and oxygen atoms in total. The highest BCUT2D eigenvalue weighted by Crippen LogP contribution is 2.33. The summed E-state index contributed by atoms with van der Waals surface area (Å²) < 4.78 is 11.1. The molecule has 0 fully saturated rings. The van der Waals surface area contributed by atoms with Gasteiger partial charge in [0.1, 0.15) is 13.2 Å². The fourth-order valence-electron chi connectivity index (χ4n) is 2.01. The predicted molar refractivity (Wildman–Crippen MR) is 71.5 cm³/mol. The van der Waals surface area contributed by atoms with E-state index >= 15 is 0 Å². The lowest BCUT2D eigenvalue weighted by Crippen LogP contribution is -2.28. The van der Waals surface area contributed by atoms with Crippen LogP contribution in [0.5, 0.6) is 11.5 Å². The third kappa shape index (κ3) is 3.03. The number of hydrogen-bond acceptors (Lipinski definition) is 4. The molecule has 0 saturated carbocycles. The second kappa shape index (κ2) is 5.89. The highest BCUT2D eigenvalue weighted by Gasteiger charge is 2.16. The van der Waals surface area contributed by atoms with Gasteiger partial charge in [0.15, 0.2) is 11.5 Å². The molecule has 3 N–H and O–H groups in total. The van der Waals surface area contributed by atoms with Crippen molar-refractivity contribution in [3.8, 4) is 11.5 Å². The molecule has 0 aromatic heterocycles. The highest BCUT2D eigenvalue weighted by atomic mass is 16.6. The van der Waals surface area contributed by atoms with Crippen molar-refractivity contribution in [2.75, 3.05) is 13.2 Å². The number of ether oxygens (including phenoxy) is 2. The zero-order valence-electron chi connectivity index (χ0n) is 10.7. The number of rotatable bonds is 5. The maximum atomic E-state index is 5.62. The molecule has 0 radical (unpaired) electrons. The Kier molecular flexibility index (Phi) is 4.23. The van der Waals surface area contributed by atoms with Crippen LogP contribution in [0.2, 0.25) is 0 Å². The predicted octanol–water partition coefficient (Wildman–Crippen LogP) is 2.32. The summed E-state index contributed by atoms with van der Waals surface area (Å²) in [6.07, 6.45) is 1.87. The smallest absolute Gasteiger partial charge is 0.161 e. The molecule has 0 aliphatic carbocycles. The molecule has 1 atom stereocenters. The lowest BCUT2D eigenvalue weighted by Gasteiger charge is -2.22. The number of fused-ring (bicyclic) bond motifs is 1. The van der Waals surface area contributed by atoms with E-state index < -0.39 is 0 Å². The minimum atomic E-state index is 0.109. The van der Waals surface area contributed by atoms with Crippen LogP contribution in [-0.2, 0) is 0 Å². The molecular weight excluding hydrogens is 228 g/mol. The Labute approximate surface area is 108 Å². The molecule has 2 rings (SSSR count). The summed E-state index contributed by atoms with van der Waals surface area (Å²) in [7, 11) is 0. The average Bonchev–Trinajstić information content (AvgIpc) is 2.39. The van der Waals surface area contributed by atoms with Crippen molar-refractivity contribution < 1.29 is 9.47 Å². The minimum absolute atomic E-state index is 0.109. The molecular formula is C14H20N2O2. The maximum Gasteiger partial charge on any atom is 0.161 e. The van der Waals surface area contributed by atoms with Gasteiger partial charge in [0, 0.05) is 6.04 Å². The SMILES string of the molecule is C=C(C)CCC(NN)c1ccc2c(c1)OCCO2. The van der Waals surface area contributed by atoms with Gasteiger partial charge in [0.2, 0.25) is 0 Å². The van der Waals surface area contributed by atoms with Gasteiger partial charge >= 0.3 is 0 Å². The molecule has 1 aromatic carbocycles. The van der Waals surface area contributed by atoms with Crippen LogP contribution in [0.1, 0.15) is 31.4 Å². The van der Waals surface area contributed by atoms with Crippen LogP contribution in [-0.4, -0.2) is 13.2 Å². The summed E-state index contributed by atoms with van der Waals surface area (Å²) >= 11 is 0. The van der Waals surface area contributed by atoms with Gasteiger partial charge in [-0.25, -0.2) is 0 Å². The Hall–Kier alpha value is -1.52. The van der Waals surface area contributed by atoms with E-state index in [9.17, 15) is 0 Å². The zero-order chi connectivity index (χ0) is 13.0. The van der Waals surface area contributed by atoms with E-state index in [1.165, 1.54) is 0 Å². The monoisotopic (exact) mass is 248 g/mol. The van der Waals surface area contributed by atoms with Gasteiger partial charge in [-0.15, -0.1) is 6.58 Å². The van der Waals surface area contributed by atoms with Crippen LogP contribution in [0, 0.1) is 0 Å². The Balaban J connectivity index is 2.12. The van der Waals surface area contributed by atoms with Gasteiger partial charge in [0.05, 0.1) is 0 Å². The van der Waals surface area contributed by atoms with E-state index in [0.29, 0.717) is 13.2 Å². The fraction of sp³-hybridized carbons (Fsp3) is 0.429. The zero-order valence-corrected chi connectivity index (χ0v) is 10.7. The first kappa shape index (κ1) is 12.9. The largest absolute Gasteiger partial charge is 0.486 e. The second-order valence-corrected chi connectivity index (χ2v) is 4.62. The van der Waals surface area contributed by atoms with E-state index in [4.69, 9.17) is 15.3 Å². The van der Waals surface area contributed by atoms with Crippen molar-refractivity contribution in [1.29, 1.82) is 0 Å². The van der Waals surface area contributed by atoms with Gasteiger partial charge < -0.3 is 9.47 Å². The van der Waals surface area contributed by atoms with Crippen molar-refractivity contribution in [1.82, 2.24) is 5.43 Å². The van der Waals surface area contributed by atoms with Gasteiger partial charge in [0.25, 0.3) is 0 Å². The molecule has 1 heterocycles. The van der Waals surface area contributed by atoms with Crippen molar-refractivity contribution in [2.45, 2.75) is 25.8 Å². The number of hydrogen-bond donors (Lipinski definition) is 2. The molecule has 4 heteroatoms. The van der Waals surface area contributed by atoms with Crippen LogP contribution in [0.3, 0.4) is 0 Å². The standard InChI is InChI=1S/C14H20N2O2/c1-10(2)3-5-12(16-15)11-4-6-13-14(9-11)18-8-7-17-13/h4,6,9,12,16H,1,3,5,7-8,15H2,2H3. The third-order valence-electron chi connectivity index (χ3n) is 3.03. The van der Waals surface area contributed by atoms with Gasteiger partial charge in [-0.2, -0.15) is 0 Å². The van der Waals surface area contributed by atoms with Crippen molar-refractivity contribution in [3.05, 3.63) is 35.9 Å². The van der Waals surface area contributed by atoms with Crippen molar-refractivity contribution in [3.63, 3.8) is 0 Å². The summed E-state index contributed by atoms with van der Waals surface area (Å²) in [4.78, 5) is 0. The summed E-state index contributed by atoms with van der Waals surface area (Å²) in [5, 5.41) is 0. The molecule has 1 aromatic rings. The van der Waals surface area contributed by atoms with E-state index in [-0.39, 0.29) is 6.04 Å². The van der Waals surface area contributed by atoms with Gasteiger partial charge in [-0.05, 0) is 37.5 Å². The molecule has 1 unspecified atom stereocenters. The lowest BCUT2D eigenvalue weighted by molar-refractivity contribution is 0.171. The molecule has 1 aliphatic heterocycles. The summed E-state index contributed by atoms with van der Waals surface area (Å²) in [5.41, 5.74) is 5.12. The molecule has 0 spiro atoms. The Morgan fingerprint density at radius 3 is 2.78 bits per heavy atom. The Morgan fingerprint density at radius 1 is 1.39 bits per heavy atom. The summed E-state index contributed by atoms with van der Waals surface area (Å²) in [6.45, 7) is 7.15. The van der Waals surface area contributed by atoms with E-state index in [0.717, 1.165) is 35.5 Å². The summed E-state index contributed by atoms with van der Waals surface area (Å²) in [6, 6.07) is 6.07. The topological polar surface area (TPSA) is 56.5 Å². The van der Waals surface area contributed by atoms with Gasteiger partial charge in [-0.3, -0.25) is 11.3 Å². The van der Waals surface area contributed by atoms with Crippen LogP contribution in [0.4, 0.5) is 0 Å². The average molecular weight is 248 g/mol. The van der Waals surface area contributed by atoms with Gasteiger partial charge in [-0.1, -0.05) is 11.6 Å². The fourth-order valence-corrected chi connectivity index (χ4v) is 2.01. The van der Waals surface area contributed by atoms with E-state index in [1.807, 2.05) is 25.1 Å². The first-order valence-corrected chi connectivity index (χ1v) is 6.21. The first-order valence-electron chi connectivity index (χ1n) is 6.21. The van der Waals surface area contributed by atoms with Crippen molar-refractivity contribution >= 4 is 0 Å². The lowest BCUT2D eigenvalue weighted by atomic mass is 10.00. The van der Waals surface area contributed by atoms with Crippen LogP contribution >= 0.6 is 0 Å². The van der Waals surface area contributed by atoms with Crippen LogP contribution in [0.15, 0.2) is 30.4 Å². The Morgan fingerprint density at radius 2 is 2.11 bits per heavy atom. The minimum Gasteiger partial charge on any atom is -0.486 e. The number of allylic oxidation sites excluding steroid dienone is 1. The quantitative estimate of drug-likeness (QED) is 0.477. The molecule has 0 amide bonds. The normalized spacial score (nSPS) is 15.2. The Bertz CT molecular complexity index is 432. The molecule has 18 heavy (non-hydrogen) atoms. The number of nitrogens with one attached hydrogen (secondary N) is 1. The van der Waals surface area contributed by atoms with Crippen LogP contribution < -0.4 is 20.7 Å². The van der Waals surface area contributed by atoms with E-state index in [2.05, 4.69) is 12.0 Å². The third-order valence-corrected chi connectivity index (χ3v) is 3.03. The summed E-state index contributed by atoms with van der Waals surface area (Å²) in [5.74, 6) is 7.22. The highest BCUT2D eigenvalue weighted by molar-refractivity contribution is 5.44.